The fraction of sp³-hybridized carbons (Fsp3) is 0.556. The lowest BCUT2D eigenvalue weighted by Crippen LogP contribution is -2.47. The molecule has 1 unspecified atom stereocenters. The summed E-state index contributed by atoms with van der Waals surface area (Å²) in [6.07, 6.45) is -1.08. The van der Waals surface area contributed by atoms with Gasteiger partial charge in [-0.15, -0.1) is 0 Å². The van der Waals surface area contributed by atoms with Crippen LogP contribution in [0.4, 0.5) is 18.9 Å². The van der Waals surface area contributed by atoms with Gasteiger partial charge >= 0.3 is 5.97 Å². The van der Waals surface area contributed by atoms with Gasteiger partial charge in [-0.25, -0.2) is 13.2 Å². The number of anilines is 1. The minimum atomic E-state index is -1.48. The molecule has 0 aliphatic carbocycles. The second kappa shape index (κ2) is 9.18. The summed E-state index contributed by atoms with van der Waals surface area (Å²) in [6.45, 7) is 2.74. The smallest absolute Gasteiger partial charge is 0.313 e. The number of Topliss-reactive ketones (excluding diaryl/α,β-unsaturated/α-hetero) is 1. The number of halogens is 3. The number of morpholine rings is 1. The number of carbonyl (C=O) groups is 2. The van der Waals surface area contributed by atoms with E-state index in [2.05, 4.69) is 4.74 Å². The Hall–Kier alpha value is -2.13. The lowest BCUT2D eigenvalue weighted by molar-refractivity contribution is -0.141. The van der Waals surface area contributed by atoms with Gasteiger partial charge in [0.25, 0.3) is 0 Å². The Bertz CT molecular complexity index is 712. The molecule has 1 heterocycles. The van der Waals surface area contributed by atoms with Crippen molar-refractivity contribution in [2.45, 2.75) is 19.4 Å². The fourth-order valence-electron chi connectivity index (χ4n) is 2.96. The van der Waals surface area contributed by atoms with Crippen LogP contribution >= 0.6 is 0 Å². The average molecular weight is 388 g/mol. The topological polar surface area (TPSA) is 59.1 Å². The van der Waals surface area contributed by atoms with Crippen molar-refractivity contribution < 1.29 is 32.2 Å². The van der Waals surface area contributed by atoms with E-state index in [1.165, 1.54) is 4.90 Å². The number of ether oxygens (including phenoxy) is 2. The van der Waals surface area contributed by atoms with Gasteiger partial charge in [0, 0.05) is 19.6 Å². The molecule has 0 spiro atoms. The molecule has 2 rings (SSSR count). The SMILES string of the molecule is CCOC(=O)CC(=O)c1cc(F)c(N2CCOC(CN(C)C)C2)c(F)c1F. The number of nitrogens with zero attached hydrogens (tertiary/aromatic N) is 2. The maximum Gasteiger partial charge on any atom is 0.313 e. The Morgan fingerprint density at radius 1 is 1.30 bits per heavy atom. The van der Waals surface area contributed by atoms with Crippen molar-refractivity contribution in [3.63, 3.8) is 0 Å². The number of likely N-dealkylation sites (N-methyl/N-ethyl adjacent to an activating group) is 1. The van der Waals surface area contributed by atoms with Gasteiger partial charge in [-0.05, 0) is 27.1 Å². The van der Waals surface area contributed by atoms with Crippen molar-refractivity contribution in [3.8, 4) is 0 Å². The molecule has 1 aliphatic rings. The van der Waals surface area contributed by atoms with Gasteiger partial charge < -0.3 is 19.3 Å². The zero-order valence-electron chi connectivity index (χ0n) is 15.6. The van der Waals surface area contributed by atoms with E-state index >= 15 is 0 Å². The fourth-order valence-corrected chi connectivity index (χ4v) is 2.96. The molecule has 9 heteroatoms. The normalized spacial score (nSPS) is 17.3. The summed E-state index contributed by atoms with van der Waals surface area (Å²) in [5.74, 6) is -5.91. The summed E-state index contributed by atoms with van der Waals surface area (Å²) in [5.41, 5.74) is -1.34. The number of hydrogen-bond acceptors (Lipinski definition) is 6. The van der Waals surface area contributed by atoms with Crippen molar-refractivity contribution >= 4 is 17.4 Å². The molecule has 1 aromatic carbocycles. The van der Waals surface area contributed by atoms with E-state index in [-0.39, 0.29) is 32.4 Å². The zero-order chi connectivity index (χ0) is 20.1. The number of esters is 1. The highest BCUT2D eigenvalue weighted by atomic mass is 19.2. The molecule has 0 radical (unpaired) electrons. The summed E-state index contributed by atoms with van der Waals surface area (Å²) in [5, 5.41) is 0. The van der Waals surface area contributed by atoms with Gasteiger partial charge in [0.15, 0.2) is 17.4 Å². The number of hydrogen-bond donors (Lipinski definition) is 0. The molecule has 0 amide bonds. The molecule has 1 aliphatic heterocycles. The van der Waals surface area contributed by atoms with E-state index in [1.54, 1.807) is 6.92 Å². The highest BCUT2D eigenvalue weighted by Gasteiger charge is 2.30. The third-order valence-corrected chi connectivity index (χ3v) is 4.07. The first-order chi connectivity index (χ1) is 12.7. The summed E-state index contributed by atoms with van der Waals surface area (Å²) < 4.78 is 53.7. The predicted octanol–water partition coefficient (Wildman–Crippen LogP) is 2.01. The maximum atomic E-state index is 14.6. The number of rotatable bonds is 7. The molecule has 27 heavy (non-hydrogen) atoms. The van der Waals surface area contributed by atoms with E-state index in [4.69, 9.17) is 4.74 Å². The van der Waals surface area contributed by atoms with Crippen molar-refractivity contribution in [2.24, 2.45) is 0 Å². The monoisotopic (exact) mass is 388 g/mol. The van der Waals surface area contributed by atoms with Crippen LogP contribution in [-0.4, -0.2) is 69.7 Å². The van der Waals surface area contributed by atoms with Gasteiger partial charge in [-0.1, -0.05) is 0 Å². The highest BCUT2D eigenvalue weighted by Crippen LogP contribution is 2.30. The average Bonchev–Trinajstić information content (AvgIpc) is 2.58. The second-order valence-corrected chi connectivity index (χ2v) is 6.49. The van der Waals surface area contributed by atoms with Crippen LogP contribution < -0.4 is 4.90 Å². The van der Waals surface area contributed by atoms with Crippen LogP contribution in [-0.2, 0) is 14.3 Å². The van der Waals surface area contributed by atoms with Crippen LogP contribution in [0.25, 0.3) is 0 Å². The van der Waals surface area contributed by atoms with Gasteiger partial charge in [-0.2, -0.15) is 0 Å². The van der Waals surface area contributed by atoms with E-state index in [0.29, 0.717) is 12.6 Å². The largest absolute Gasteiger partial charge is 0.466 e. The third-order valence-electron chi connectivity index (χ3n) is 4.07. The molecular weight excluding hydrogens is 365 g/mol. The second-order valence-electron chi connectivity index (χ2n) is 6.49. The number of benzene rings is 1. The van der Waals surface area contributed by atoms with Gasteiger partial charge in [0.05, 0.1) is 24.9 Å². The Balaban J connectivity index is 2.26. The molecule has 1 fully saturated rings. The van der Waals surface area contributed by atoms with Crippen LogP contribution in [0.15, 0.2) is 6.07 Å². The summed E-state index contributed by atoms with van der Waals surface area (Å²) in [4.78, 5) is 26.6. The third kappa shape index (κ3) is 5.20. The van der Waals surface area contributed by atoms with E-state index < -0.39 is 46.9 Å². The first-order valence-electron chi connectivity index (χ1n) is 8.62. The maximum absolute atomic E-state index is 14.6. The summed E-state index contributed by atoms with van der Waals surface area (Å²) in [7, 11) is 3.68. The zero-order valence-corrected chi connectivity index (χ0v) is 15.6. The molecule has 0 aromatic heterocycles. The minimum absolute atomic E-state index is 0.0431. The van der Waals surface area contributed by atoms with Gasteiger partial charge in [-0.3, -0.25) is 9.59 Å². The number of ketones is 1. The van der Waals surface area contributed by atoms with Crippen LogP contribution in [0.1, 0.15) is 23.7 Å². The molecule has 1 atom stereocenters. The molecule has 150 valence electrons. The first-order valence-corrected chi connectivity index (χ1v) is 8.62. The van der Waals surface area contributed by atoms with Gasteiger partial charge in [0.2, 0.25) is 0 Å². The molecule has 1 saturated heterocycles. The van der Waals surface area contributed by atoms with Crippen LogP contribution in [0.5, 0.6) is 0 Å². The van der Waals surface area contributed by atoms with E-state index in [1.807, 2.05) is 19.0 Å². The Labute approximate surface area is 155 Å². The summed E-state index contributed by atoms with van der Waals surface area (Å²) in [6, 6.07) is 0.631. The van der Waals surface area contributed by atoms with Gasteiger partial charge in [0.1, 0.15) is 17.9 Å². The van der Waals surface area contributed by atoms with Crippen molar-refractivity contribution in [3.05, 3.63) is 29.1 Å². The van der Waals surface area contributed by atoms with Crippen LogP contribution in [0, 0.1) is 17.5 Å². The molecule has 1 aromatic rings. The van der Waals surface area contributed by atoms with E-state index in [0.717, 1.165) is 0 Å². The first kappa shape index (κ1) is 21.2. The Morgan fingerprint density at radius 2 is 2.00 bits per heavy atom. The van der Waals surface area contributed by atoms with E-state index in [9.17, 15) is 22.8 Å². The van der Waals surface area contributed by atoms with Crippen LogP contribution in [0.3, 0.4) is 0 Å². The predicted molar refractivity (Wildman–Crippen MR) is 92.4 cm³/mol. The molecular formula is C18H23F3N2O4. The minimum Gasteiger partial charge on any atom is -0.466 e. The lowest BCUT2D eigenvalue weighted by Gasteiger charge is -2.36. The molecule has 0 N–H and O–H groups in total. The van der Waals surface area contributed by atoms with Crippen molar-refractivity contribution in [1.29, 1.82) is 0 Å². The number of carbonyl (C=O) groups excluding carboxylic acids is 2. The van der Waals surface area contributed by atoms with Crippen molar-refractivity contribution in [2.75, 3.05) is 51.8 Å². The molecule has 0 bridgehead atoms. The Kier molecular flexibility index (Phi) is 7.20. The summed E-state index contributed by atoms with van der Waals surface area (Å²) >= 11 is 0. The molecule has 0 saturated carbocycles. The molecule has 6 nitrogen and oxygen atoms in total. The van der Waals surface area contributed by atoms with Crippen LogP contribution in [0.2, 0.25) is 0 Å². The Morgan fingerprint density at radius 3 is 2.63 bits per heavy atom. The lowest BCUT2D eigenvalue weighted by atomic mass is 10.0. The standard InChI is InChI=1S/C18H23F3N2O4/c1-4-26-15(25)8-14(24)12-7-13(19)18(17(21)16(12)20)23-5-6-27-11(10-23)9-22(2)3/h7,11H,4-6,8-10H2,1-3H3. The highest BCUT2D eigenvalue weighted by molar-refractivity contribution is 6.06. The van der Waals surface area contributed by atoms with Crippen molar-refractivity contribution in [1.82, 2.24) is 4.90 Å². The quantitative estimate of drug-likeness (QED) is 0.308.